The SMILES string of the molecule is Cc1ccc2nc(-c3ccc(NC(=S)NC(=O)C(c4ccccc4)c4ccccc4)cc3O)oc2c1. The molecule has 0 aliphatic carbocycles. The van der Waals surface area contributed by atoms with Gasteiger partial charge in [-0.25, -0.2) is 4.98 Å². The van der Waals surface area contributed by atoms with E-state index in [1.165, 1.54) is 6.07 Å². The third-order valence-electron chi connectivity index (χ3n) is 5.79. The summed E-state index contributed by atoms with van der Waals surface area (Å²) >= 11 is 5.40. The Labute approximate surface area is 213 Å². The standard InChI is InChI=1S/C29H23N3O3S/c1-18-12-15-23-25(16-18)35-28(31-23)22-14-13-21(17-24(22)33)30-29(36)32-27(34)26(19-8-4-2-5-9-19)20-10-6-3-7-11-20/h2-17,26,33H,1H3,(H2,30,32,34,36). The molecule has 0 atom stereocenters. The zero-order chi connectivity index (χ0) is 25.1. The predicted octanol–water partition coefficient (Wildman–Crippen LogP) is 6.15. The number of aromatic nitrogens is 1. The lowest BCUT2D eigenvalue weighted by Crippen LogP contribution is -2.37. The van der Waals surface area contributed by atoms with E-state index in [4.69, 9.17) is 16.6 Å². The summed E-state index contributed by atoms with van der Waals surface area (Å²) in [5.74, 6) is -0.480. The molecular weight excluding hydrogens is 470 g/mol. The van der Waals surface area contributed by atoms with E-state index in [1.54, 1.807) is 12.1 Å². The fraction of sp³-hybridized carbons (Fsp3) is 0.0690. The van der Waals surface area contributed by atoms with Crippen LogP contribution in [0.3, 0.4) is 0 Å². The van der Waals surface area contributed by atoms with Crippen molar-refractivity contribution in [2.24, 2.45) is 0 Å². The normalized spacial score (nSPS) is 10.9. The first-order valence-electron chi connectivity index (χ1n) is 11.4. The first-order valence-corrected chi connectivity index (χ1v) is 11.8. The van der Waals surface area contributed by atoms with Gasteiger partial charge >= 0.3 is 0 Å². The van der Waals surface area contributed by atoms with Gasteiger partial charge in [-0.15, -0.1) is 0 Å². The number of hydrogen-bond donors (Lipinski definition) is 3. The Balaban J connectivity index is 1.32. The zero-order valence-electron chi connectivity index (χ0n) is 19.4. The van der Waals surface area contributed by atoms with Gasteiger partial charge < -0.3 is 20.2 Å². The van der Waals surface area contributed by atoms with E-state index in [0.717, 1.165) is 16.7 Å². The second kappa shape index (κ2) is 10.0. The third kappa shape index (κ3) is 4.96. The molecule has 0 spiro atoms. The molecule has 0 saturated carbocycles. The molecule has 0 saturated heterocycles. The van der Waals surface area contributed by atoms with Gasteiger partial charge in [0.15, 0.2) is 10.7 Å². The number of amides is 1. The Bertz CT molecular complexity index is 1510. The highest BCUT2D eigenvalue weighted by atomic mass is 32.1. The molecule has 1 heterocycles. The number of phenolic OH excluding ortho intramolecular Hbond substituents is 1. The van der Waals surface area contributed by atoms with Gasteiger partial charge in [-0.3, -0.25) is 4.79 Å². The number of rotatable bonds is 5. The number of fused-ring (bicyclic) bond motifs is 1. The van der Waals surface area contributed by atoms with Gasteiger partial charge in [0, 0.05) is 11.8 Å². The minimum Gasteiger partial charge on any atom is -0.507 e. The van der Waals surface area contributed by atoms with Crippen molar-refractivity contribution in [3.8, 4) is 17.2 Å². The molecule has 178 valence electrons. The lowest BCUT2D eigenvalue weighted by Gasteiger charge is -2.19. The molecule has 0 bridgehead atoms. The van der Waals surface area contributed by atoms with Crippen molar-refractivity contribution in [3.05, 3.63) is 114 Å². The number of anilines is 1. The largest absolute Gasteiger partial charge is 0.507 e. The van der Waals surface area contributed by atoms with E-state index in [-0.39, 0.29) is 16.8 Å². The van der Waals surface area contributed by atoms with Crippen LogP contribution in [0.15, 0.2) is 101 Å². The van der Waals surface area contributed by atoms with Gasteiger partial charge in [0.1, 0.15) is 11.3 Å². The first-order chi connectivity index (χ1) is 17.5. The molecule has 3 N–H and O–H groups in total. The quantitative estimate of drug-likeness (QED) is 0.255. The van der Waals surface area contributed by atoms with Gasteiger partial charge in [0.25, 0.3) is 0 Å². The maximum Gasteiger partial charge on any atom is 0.238 e. The van der Waals surface area contributed by atoms with Crippen molar-refractivity contribution in [1.29, 1.82) is 0 Å². The average molecular weight is 494 g/mol. The number of hydrogen-bond acceptors (Lipinski definition) is 5. The Morgan fingerprint density at radius 2 is 1.58 bits per heavy atom. The van der Waals surface area contributed by atoms with Gasteiger partial charge in [-0.1, -0.05) is 66.7 Å². The van der Waals surface area contributed by atoms with Crippen LogP contribution in [0, 0.1) is 6.92 Å². The lowest BCUT2D eigenvalue weighted by atomic mass is 9.90. The van der Waals surface area contributed by atoms with Gasteiger partial charge in [0.05, 0.1) is 11.5 Å². The molecule has 1 amide bonds. The number of nitrogens with one attached hydrogen (secondary N) is 2. The summed E-state index contributed by atoms with van der Waals surface area (Å²) in [5, 5.41) is 16.5. The number of aromatic hydroxyl groups is 1. The van der Waals surface area contributed by atoms with Crippen molar-refractivity contribution in [2.45, 2.75) is 12.8 Å². The molecule has 0 unspecified atom stereocenters. The van der Waals surface area contributed by atoms with Crippen LogP contribution in [-0.4, -0.2) is 21.1 Å². The molecule has 4 aromatic carbocycles. The molecule has 0 fully saturated rings. The van der Waals surface area contributed by atoms with Crippen LogP contribution in [0.1, 0.15) is 22.6 Å². The number of benzene rings is 4. The lowest BCUT2D eigenvalue weighted by molar-refractivity contribution is -0.120. The number of thiocarbonyl (C=S) groups is 1. The first kappa shape index (κ1) is 23.3. The topological polar surface area (TPSA) is 87.4 Å². The van der Waals surface area contributed by atoms with Gasteiger partial charge in [-0.05, 0) is 60.1 Å². The Morgan fingerprint density at radius 3 is 2.22 bits per heavy atom. The molecule has 0 aliphatic heterocycles. The minimum absolute atomic E-state index is 0.0242. The predicted molar refractivity (Wildman–Crippen MR) is 145 cm³/mol. The monoisotopic (exact) mass is 493 g/mol. The summed E-state index contributed by atoms with van der Waals surface area (Å²) in [6.07, 6.45) is 0. The van der Waals surface area contributed by atoms with Crippen molar-refractivity contribution < 1.29 is 14.3 Å². The van der Waals surface area contributed by atoms with Crippen LogP contribution in [0.25, 0.3) is 22.6 Å². The maximum atomic E-state index is 13.3. The van der Waals surface area contributed by atoms with Gasteiger partial charge in [0.2, 0.25) is 11.8 Å². The highest BCUT2D eigenvalue weighted by Gasteiger charge is 2.23. The summed E-state index contributed by atoms with van der Waals surface area (Å²) in [7, 11) is 0. The van der Waals surface area contributed by atoms with Crippen LogP contribution in [0.4, 0.5) is 5.69 Å². The fourth-order valence-electron chi connectivity index (χ4n) is 4.07. The molecule has 0 aliphatic rings. The number of carbonyl (C=O) groups is 1. The molecule has 7 heteroatoms. The van der Waals surface area contributed by atoms with Crippen LogP contribution in [0.2, 0.25) is 0 Å². The number of carbonyl (C=O) groups excluding carboxylic acids is 1. The summed E-state index contributed by atoms with van der Waals surface area (Å²) in [4.78, 5) is 17.7. The number of aryl methyl sites for hydroxylation is 1. The number of oxazole rings is 1. The molecule has 6 nitrogen and oxygen atoms in total. The van der Waals surface area contributed by atoms with Crippen LogP contribution < -0.4 is 10.6 Å². The van der Waals surface area contributed by atoms with E-state index in [1.807, 2.05) is 85.8 Å². The van der Waals surface area contributed by atoms with Crippen LogP contribution in [-0.2, 0) is 4.79 Å². The van der Waals surface area contributed by atoms with E-state index in [0.29, 0.717) is 28.2 Å². The molecule has 36 heavy (non-hydrogen) atoms. The molecule has 5 aromatic rings. The Morgan fingerprint density at radius 1 is 0.917 bits per heavy atom. The van der Waals surface area contributed by atoms with E-state index in [2.05, 4.69) is 15.6 Å². The summed E-state index contributed by atoms with van der Waals surface area (Å²) in [5.41, 5.74) is 5.13. The summed E-state index contributed by atoms with van der Waals surface area (Å²) < 4.78 is 5.83. The van der Waals surface area contributed by atoms with Crippen molar-refractivity contribution in [2.75, 3.05) is 5.32 Å². The highest BCUT2D eigenvalue weighted by Crippen LogP contribution is 2.33. The zero-order valence-corrected chi connectivity index (χ0v) is 20.3. The second-order valence-corrected chi connectivity index (χ2v) is 8.83. The maximum absolute atomic E-state index is 13.3. The summed E-state index contributed by atoms with van der Waals surface area (Å²) in [6.45, 7) is 1.98. The van der Waals surface area contributed by atoms with Gasteiger partial charge in [-0.2, -0.15) is 0 Å². The van der Waals surface area contributed by atoms with E-state index in [9.17, 15) is 9.90 Å². The van der Waals surface area contributed by atoms with Crippen molar-refractivity contribution in [3.63, 3.8) is 0 Å². The van der Waals surface area contributed by atoms with Crippen LogP contribution in [0.5, 0.6) is 5.75 Å². The minimum atomic E-state index is -0.522. The van der Waals surface area contributed by atoms with Crippen LogP contribution >= 0.6 is 12.2 Å². The number of nitrogens with zero attached hydrogens (tertiary/aromatic N) is 1. The number of phenols is 1. The van der Waals surface area contributed by atoms with Crippen molar-refractivity contribution >= 4 is 40.0 Å². The second-order valence-electron chi connectivity index (χ2n) is 8.42. The fourth-order valence-corrected chi connectivity index (χ4v) is 4.29. The summed E-state index contributed by atoms with van der Waals surface area (Å²) in [6, 6.07) is 29.8. The Kier molecular flexibility index (Phi) is 6.47. The third-order valence-corrected chi connectivity index (χ3v) is 6.00. The smallest absolute Gasteiger partial charge is 0.238 e. The Hall–Kier alpha value is -4.49. The highest BCUT2D eigenvalue weighted by molar-refractivity contribution is 7.80. The molecule has 0 radical (unpaired) electrons. The van der Waals surface area contributed by atoms with E-state index >= 15 is 0 Å². The molecule has 5 rings (SSSR count). The van der Waals surface area contributed by atoms with Crippen molar-refractivity contribution in [1.82, 2.24) is 10.3 Å². The van der Waals surface area contributed by atoms with E-state index < -0.39 is 5.92 Å². The average Bonchev–Trinajstić information content (AvgIpc) is 3.28. The molecule has 1 aromatic heterocycles. The molecular formula is C29H23N3O3S.